The molecule has 1 rings (SSSR count). The van der Waals surface area contributed by atoms with E-state index in [-0.39, 0.29) is 12.8 Å². The van der Waals surface area contributed by atoms with Gasteiger partial charge in [0.05, 0.1) is 0 Å². The summed E-state index contributed by atoms with van der Waals surface area (Å²) in [5.74, 6) is 0. The zero-order valence-corrected chi connectivity index (χ0v) is 9.64. The van der Waals surface area contributed by atoms with Crippen LogP contribution < -0.4 is 0 Å². The first-order valence-corrected chi connectivity index (χ1v) is 5.49. The molecule has 0 bridgehead atoms. The van der Waals surface area contributed by atoms with Crippen molar-refractivity contribution in [1.29, 1.82) is 0 Å². The Balaban J connectivity index is 3.38. The predicted molar refractivity (Wildman–Crippen MR) is 50.0 cm³/mol. The molecule has 0 aliphatic heterocycles. The second-order valence-electron chi connectivity index (χ2n) is 4.47. The Bertz CT molecular complexity index is 315. The van der Waals surface area contributed by atoms with E-state index in [4.69, 9.17) is 0 Å². The molecule has 3 nitrogen and oxygen atoms in total. The minimum absolute atomic E-state index is 0.00229. The van der Waals surface area contributed by atoms with Gasteiger partial charge >= 0.3 is 12.4 Å². The van der Waals surface area contributed by atoms with E-state index in [0.29, 0.717) is 6.42 Å². The summed E-state index contributed by atoms with van der Waals surface area (Å²) in [6, 6.07) is 0. The molecule has 0 aromatic rings. The number of hydrogen-bond donors (Lipinski definition) is 1. The third kappa shape index (κ3) is 2.39. The molecule has 0 unspecified atom stereocenters. The molecule has 0 amide bonds. The van der Waals surface area contributed by atoms with Crippen LogP contribution in [0.5, 0.6) is 0 Å². The largest absolute Gasteiger partial charge is 0.457 e. The molecular weight excluding hydrogens is 282 g/mol. The molecule has 0 spiro atoms. The highest BCUT2D eigenvalue weighted by Crippen LogP contribution is 2.55. The van der Waals surface area contributed by atoms with Gasteiger partial charge in [0.1, 0.15) is 0 Å². The molecule has 1 aliphatic rings. The highest BCUT2D eigenvalue weighted by Gasteiger charge is 2.80. The SMILES string of the molecule is O=COC1(C(O)(C(F)(F)F)C(F)(F)F)CCCCC1. The zero-order chi connectivity index (χ0) is 14.9. The Hall–Kier alpha value is -0.990. The van der Waals surface area contributed by atoms with Crippen molar-refractivity contribution < 1.29 is 41.0 Å². The van der Waals surface area contributed by atoms with E-state index in [1.54, 1.807) is 0 Å². The predicted octanol–water partition coefficient (Wildman–Crippen LogP) is 2.72. The van der Waals surface area contributed by atoms with Crippen LogP contribution in [-0.4, -0.2) is 35.1 Å². The van der Waals surface area contributed by atoms with Crippen LogP contribution in [0.15, 0.2) is 0 Å². The summed E-state index contributed by atoms with van der Waals surface area (Å²) in [6.45, 7) is -0.478. The number of rotatable bonds is 3. The Morgan fingerprint density at radius 2 is 1.37 bits per heavy atom. The van der Waals surface area contributed by atoms with Crippen LogP contribution in [0.4, 0.5) is 26.3 Å². The standard InChI is InChI=1S/C10H12F6O3/c11-9(12,13)8(18,10(14,15)16)7(19-6-17)4-2-1-3-5-7/h6,18H,1-5H2. The highest BCUT2D eigenvalue weighted by atomic mass is 19.4. The highest BCUT2D eigenvalue weighted by molar-refractivity contribution is 5.39. The van der Waals surface area contributed by atoms with Crippen molar-refractivity contribution in [2.24, 2.45) is 0 Å². The van der Waals surface area contributed by atoms with Crippen LogP contribution in [0.1, 0.15) is 32.1 Å². The summed E-state index contributed by atoms with van der Waals surface area (Å²) in [6.07, 6.45) is -13.0. The van der Waals surface area contributed by atoms with E-state index in [1.165, 1.54) is 0 Å². The van der Waals surface area contributed by atoms with Crippen LogP contribution in [0.2, 0.25) is 0 Å². The van der Waals surface area contributed by atoms with Gasteiger partial charge in [0.15, 0.2) is 5.60 Å². The van der Waals surface area contributed by atoms with Crippen LogP contribution >= 0.6 is 0 Å². The summed E-state index contributed by atoms with van der Waals surface area (Å²) < 4.78 is 80.8. The van der Waals surface area contributed by atoms with Crippen molar-refractivity contribution in [1.82, 2.24) is 0 Å². The first-order valence-electron chi connectivity index (χ1n) is 5.49. The second kappa shape index (κ2) is 4.84. The molecular formula is C10H12F6O3. The molecule has 0 aromatic heterocycles. The number of alkyl halides is 6. The Kier molecular flexibility index (Phi) is 4.09. The molecule has 112 valence electrons. The van der Waals surface area contributed by atoms with Crippen LogP contribution in [0.25, 0.3) is 0 Å². The summed E-state index contributed by atoms with van der Waals surface area (Å²) in [4.78, 5) is 10.3. The minimum Gasteiger partial charge on any atom is -0.457 e. The van der Waals surface area contributed by atoms with Gasteiger partial charge in [-0.2, -0.15) is 26.3 Å². The Morgan fingerprint density at radius 3 is 1.68 bits per heavy atom. The maximum Gasteiger partial charge on any atom is 0.430 e. The Morgan fingerprint density at radius 1 is 0.947 bits per heavy atom. The molecule has 1 aliphatic carbocycles. The van der Waals surface area contributed by atoms with Gasteiger partial charge in [-0.05, 0) is 25.7 Å². The molecule has 1 N–H and O–H groups in total. The average Bonchev–Trinajstić information content (AvgIpc) is 2.26. The maximum atomic E-state index is 12.8. The van der Waals surface area contributed by atoms with Crippen molar-refractivity contribution in [3.05, 3.63) is 0 Å². The fourth-order valence-electron chi connectivity index (χ4n) is 2.46. The van der Waals surface area contributed by atoms with E-state index >= 15 is 0 Å². The van der Waals surface area contributed by atoms with Gasteiger partial charge in [-0.3, -0.25) is 4.79 Å². The molecule has 9 heteroatoms. The summed E-state index contributed by atoms with van der Waals surface area (Å²) in [5.41, 5.74) is -8.07. The number of carbonyl (C=O) groups is 1. The van der Waals surface area contributed by atoms with Crippen LogP contribution in [-0.2, 0) is 9.53 Å². The summed E-state index contributed by atoms with van der Waals surface area (Å²) in [7, 11) is 0. The third-order valence-electron chi connectivity index (χ3n) is 3.41. The van der Waals surface area contributed by atoms with Gasteiger partial charge in [0.2, 0.25) is 0 Å². The van der Waals surface area contributed by atoms with Gasteiger partial charge < -0.3 is 9.84 Å². The molecule has 1 fully saturated rings. The fourth-order valence-corrected chi connectivity index (χ4v) is 2.46. The van der Waals surface area contributed by atoms with Crippen LogP contribution in [0.3, 0.4) is 0 Å². The molecule has 1 saturated carbocycles. The van der Waals surface area contributed by atoms with Gasteiger partial charge in [-0.15, -0.1) is 0 Å². The molecule has 0 radical (unpaired) electrons. The number of carbonyl (C=O) groups excluding carboxylic acids is 1. The number of aliphatic hydroxyl groups is 1. The number of ether oxygens (including phenoxy) is 1. The lowest BCUT2D eigenvalue weighted by molar-refractivity contribution is -0.414. The van der Waals surface area contributed by atoms with Crippen molar-refractivity contribution in [2.75, 3.05) is 0 Å². The smallest absolute Gasteiger partial charge is 0.430 e. The fraction of sp³-hybridized carbons (Fsp3) is 0.900. The van der Waals surface area contributed by atoms with Crippen molar-refractivity contribution in [2.45, 2.75) is 55.7 Å². The first kappa shape index (κ1) is 16.1. The molecule has 0 atom stereocenters. The van der Waals surface area contributed by atoms with E-state index in [0.717, 1.165) is 0 Å². The van der Waals surface area contributed by atoms with Gasteiger partial charge in [-0.1, -0.05) is 6.42 Å². The van der Waals surface area contributed by atoms with E-state index in [2.05, 4.69) is 4.74 Å². The van der Waals surface area contributed by atoms with Crippen molar-refractivity contribution >= 4 is 6.47 Å². The first-order chi connectivity index (χ1) is 8.52. The molecule has 0 heterocycles. The Labute approximate surface area is 104 Å². The average molecular weight is 294 g/mol. The minimum atomic E-state index is -5.99. The normalized spacial score (nSPS) is 21.0. The second-order valence-corrected chi connectivity index (χ2v) is 4.47. The molecule has 19 heavy (non-hydrogen) atoms. The van der Waals surface area contributed by atoms with Gasteiger partial charge in [0, 0.05) is 0 Å². The lowest BCUT2D eigenvalue weighted by Crippen LogP contribution is -2.72. The van der Waals surface area contributed by atoms with Crippen molar-refractivity contribution in [3.8, 4) is 0 Å². The quantitative estimate of drug-likeness (QED) is 0.643. The summed E-state index contributed by atoms with van der Waals surface area (Å²) in [5, 5.41) is 9.36. The van der Waals surface area contributed by atoms with Crippen molar-refractivity contribution in [3.63, 3.8) is 0 Å². The van der Waals surface area contributed by atoms with E-state index in [1.807, 2.05) is 0 Å². The van der Waals surface area contributed by atoms with Gasteiger partial charge in [-0.25, -0.2) is 0 Å². The lowest BCUT2D eigenvalue weighted by Gasteiger charge is -2.48. The number of hydrogen-bond acceptors (Lipinski definition) is 3. The van der Waals surface area contributed by atoms with E-state index in [9.17, 15) is 36.2 Å². The van der Waals surface area contributed by atoms with Gasteiger partial charge in [0.25, 0.3) is 12.1 Å². The maximum absolute atomic E-state index is 12.8. The third-order valence-corrected chi connectivity index (χ3v) is 3.41. The summed E-state index contributed by atoms with van der Waals surface area (Å²) >= 11 is 0. The monoisotopic (exact) mass is 294 g/mol. The zero-order valence-electron chi connectivity index (χ0n) is 9.64. The topological polar surface area (TPSA) is 46.5 Å². The molecule has 0 aromatic carbocycles. The number of halogens is 6. The van der Waals surface area contributed by atoms with Crippen LogP contribution in [0, 0.1) is 0 Å². The molecule has 0 saturated heterocycles. The van der Waals surface area contributed by atoms with E-state index < -0.39 is 42.9 Å². The lowest BCUT2D eigenvalue weighted by atomic mass is 9.71.